The van der Waals surface area contributed by atoms with Gasteiger partial charge in [0.15, 0.2) is 0 Å². The van der Waals surface area contributed by atoms with Gasteiger partial charge in [0, 0.05) is 31.2 Å². The first-order valence-electron chi connectivity index (χ1n) is 11.8. The molecule has 0 saturated heterocycles. The van der Waals surface area contributed by atoms with Crippen molar-refractivity contribution in [3.05, 3.63) is 29.6 Å². The number of pyridine rings is 1. The first-order chi connectivity index (χ1) is 13.7. The largest absolute Gasteiger partial charge is 0.312 e. The van der Waals surface area contributed by atoms with E-state index in [0.29, 0.717) is 12.1 Å². The third-order valence-corrected chi connectivity index (χ3v) is 7.58. The monoisotopic (exact) mass is 384 g/mol. The number of aromatic nitrogens is 1. The molecule has 0 spiro atoms. The van der Waals surface area contributed by atoms with Gasteiger partial charge in [-0.05, 0) is 77.2 Å². The van der Waals surface area contributed by atoms with Crippen molar-refractivity contribution < 1.29 is 0 Å². The van der Waals surface area contributed by atoms with Crippen LogP contribution in [0.5, 0.6) is 0 Å². The SMILES string of the molecule is CN1Cc2cccc(n2)CN(C)[C@@H]2CCCC[C@H]2CCCNC2CCCCC21. The maximum Gasteiger partial charge on any atom is 0.0547 e. The molecule has 2 unspecified atom stereocenters. The van der Waals surface area contributed by atoms with Gasteiger partial charge in [-0.25, -0.2) is 0 Å². The standard InChI is InChI=1S/C24H40N4/c1-27-17-20-11-7-12-21(26-20)18-28(2)24-15-6-4-13-22(24)25-16-8-10-19-9-3-5-14-23(19)27/h7,11-12,19,22-25H,3-6,8-10,13-18H2,1-2H3/t19-,22?,23+,24?/m0/s1. The van der Waals surface area contributed by atoms with Gasteiger partial charge < -0.3 is 5.32 Å². The van der Waals surface area contributed by atoms with E-state index in [0.717, 1.165) is 25.0 Å². The highest BCUT2D eigenvalue weighted by molar-refractivity contribution is 5.12. The number of nitrogens with zero attached hydrogens (tertiary/aromatic N) is 3. The molecule has 0 amide bonds. The van der Waals surface area contributed by atoms with E-state index >= 15 is 0 Å². The highest BCUT2D eigenvalue weighted by atomic mass is 15.2. The molecule has 1 N–H and O–H groups in total. The summed E-state index contributed by atoms with van der Waals surface area (Å²) in [4.78, 5) is 10.2. The zero-order valence-corrected chi connectivity index (χ0v) is 18.1. The first-order valence-corrected chi connectivity index (χ1v) is 11.8. The van der Waals surface area contributed by atoms with E-state index in [1.165, 1.54) is 82.1 Å². The summed E-state index contributed by atoms with van der Waals surface area (Å²) < 4.78 is 0. The summed E-state index contributed by atoms with van der Waals surface area (Å²) >= 11 is 0. The number of rotatable bonds is 0. The van der Waals surface area contributed by atoms with Crippen LogP contribution in [0.2, 0.25) is 0 Å². The Kier molecular flexibility index (Phi) is 7.03. The highest BCUT2D eigenvalue weighted by Crippen LogP contribution is 2.32. The van der Waals surface area contributed by atoms with Gasteiger partial charge in [-0.15, -0.1) is 0 Å². The lowest BCUT2D eigenvalue weighted by Gasteiger charge is -2.39. The number of fused-ring (bicyclic) bond motifs is 4. The number of hydrogen-bond acceptors (Lipinski definition) is 4. The van der Waals surface area contributed by atoms with Crippen molar-refractivity contribution in [2.45, 2.75) is 95.4 Å². The van der Waals surface area contributed by atoms with Crippen LogP contribution in [-0.4, -0.2) is 53.5 Å². The molecule has 4 heteroatoms. The molecule has 2 saturated carbocycles. The quantitative estimate of drug-likeness (QED) is 0.726. The Balaban J connectivity index is 1.55. The van der Waals surface area contributed by atoms with Crippen molar-refractivity contribution in [1.29, 1.82) is 0 Å². The average molecular weight is 385 g/mol. The number of likely N-dealkylation sites (N-methyl/N-ethyl adjacent to an activating group) is 1. The molecule has 4 atom stereocenters. The van der Waals surface area contributed by atoms with Crippen molar-refractivity contribution in [3.8, 4) is 0 Å². The minimum atomic E-state index is 0.648. The van der Waals surface area contributed by atoms with Gasteiger partial charge in [0.1, 0.15) is 0 Å². The molecule has 4 rings (SSSR count). The molecule has 4 nitrogen and oxygen atoms in total. The van der Waals surface area contributed by atoms with Gasteiger partial charge in [0.05, 0.1) is 11.4 Å². The van der Waals surface area contributed by atoms with Gasteiger partial charge in [-0.3, -0.25) is 14.8 Å². The molecule has 2 fully saturated rings. The number of hydrogen-bond donors (Lipinski definition) is 1. The third kappa shape index (κ3) is 4.95. The van der Waals surface area contributed by atoms with Gasteiger partial charge >= 0.3 is 0 Å². The van der Waals surface area contributed by atoms with E-state index in [1.54, 1.807) is 0 Å². The molecule has 156 valence electrons. The normalized spacial score (nSPS) is 33.9. The van der Waals surface area contributed by atoms with Crippen LogP contribution in [0.1, 0.15) is 75.6 Å². The molecule has 2 heterocycles. The minimum absolute atomic E-state index is 0.648. The fourth-order valence-corrected chi connectivity index (χ4v) is 6.08. The molecular weight excluding hydrogens is 344 g/mol. The van der Waals surface area contributed by atoms with Gasteiger partial charge in [-0.1, -0.05) is 31.7 Å². The van der Waals surface area contributed by atoms with Crippen molar-refractivity contribution in [1.82, 2.24) is 20.1 Å². The Morgan fingerprint density at radius 3 is 2.18 bits per heavy atom. The van der Waals surface area contributed by atoms with Gasteiger partial charge in [0.2, 0.25) is 0 Å². The van der Waals surface area contributed by atoms with Crippen LogP contribution < -0.4 is 5.32 Å². The molecule has 1 aromatic rings. The Morgan fingerprint density at radius 1 is 0.786 bits per heavy atom. The third-order valence-electron chi connectivity index (χ3n) is 7.58. The second kappa shape index (κ2) is 9.69. The predicted octanol–water partition coefficient (Wildman–Crippen LogP) is 4.20. The van der Waals surface area contributed by atoms with Crippen molar-refractivity contribution in [2.24, 2.45) is 5.92 Å². The van der Waals surface area contributed by atoms with Crippen LogP contribution in [0.3, 0.4) is 0 Å². The molecule has 2 aliphatic carbocycles. The van der Waals surface area contributed by atoms with Gasteiger partial charge in [0.25, 0.3) is 0 Å². The highest BCUT2D eigenvalue weighted by Gasteiger charge is 2.30. The predicted molar refractivity (Wildman–Crippen MR) is 116 cm³/mol. The molecule has 28 heavy (non-hydrogen) atoms. The number of nitrogens with one attached hydrogen (secondary N) is 1. The maximum atomic E-state index is 5.06. The first kappa shape index (κ1) is 20.3. The summed E-state index contributed by atoms with van der Waals surface area (Å²) in [5.74, 6) is 0.860. The van der Waals surface area contributed by atoms with E-state index in [9.17, 15) is 0 Å². The summed E-state index contributed by atoms with van der Waals surface area (Å²) in [7, 11) is 4.63. The van der Waals surface area contributed by atoms with Crippen molar-refractivity contribution >= 4 is 0 Å². The summed E-state index contributed by atoms with van der Waals surface area (Å²) in [5, 5.41) is 3.96. The van der Waals surface area contributed by atoms with Crippen LogP contribution in [0, 0.1) is 5.92 Å². The molecule has 1 aromatic heterocycles. The smallest absolute Gasteiger partial charge is 0.0547 e. The molecule has 2 bridgehead atoms. The summed E-state index contributed by atoms with van der Waals surface area (Å²) in [6, 6.07) is 8.68. The van der Waals surface area contributed by atoms with Crippen molar-refractivity contribution in [2.75, 3.05) is 20.6 Å². The summed E-state index contributed by atoms with van der Waals surface area (Å²) in [6.45, 7) is 3.14. The molecule has 0 radical (unpaired) electrons. The lowest BCUT2D eigenvalue weighted by molar-refractivity contribution is 0.114. The molecule has 3 aliphatic rings. The second-order valence-electron chi connectivity index (χ2n) is 9.62. The summed E-state index contributed by atoms with van der Waals surface area (Å²) in [5.41, 5.74) is 2.47. The zero-order chi connectivity index (χ0) is 19.3. The van der Waals surface area contributed by atoms with Crippen LogP contribution in [0.25, 0.3) is 0 Å². The summed E-state index contributed by atoms with van der Waals surface area (Å²) in [6.07, 6.45) is 13.7. The van der Waals surface area contributed by atoms with E-state index in [1.807, 2.05) is 0 Å². The molecule has 0 aromatic carbocycles. The van der Waals surface area contributed by atoms with Crippen molar-refractivity contribution in [3.63, 3.8) is 0 Å². The lowest BCUT2D eigenvalue weighted by Crippen LogP contribution is -2.50. The lowest BCUT2D eigenvalue weighted by atomic mass is 9.81. The van der Waals surface area contributed by atoms with Crippen LogP contribution in [0.15, 0.2) is 18.2 Å². The Morgan fingerprint density at radius 2 is 1.39 bits per heavy atom. The topological polar surface area (TPSA) is 31.4 Å². The fraction of sp³-hybridized carbons (Fsp3) is 0.792. The van der Waals surface area contributed by atoms with E-state index < -0.39 is 0 Å². The van der Waals surface area contributed by atoms with Crippen LogP contribution in [-0.2, 0) is 13.1 Å². The fourth-order valence-electron chi connectivity index (χ4n) is 6.08. The van der Waals surface area contributed by atoms with E-state index in [4.69, 9.17) is 4.98 Å². The Labute approximate surface area is 172 Å². The van der Waals surface area contributed by atoms with E-state index in [2.05, 4.69) is 47.4 Å². The zero-order valence-electron chi connectivity index (χ0n) is 18.1. The Bertz CT molecular complexity index is 569. The van der Waals surface area contributed by atoms with E-state index in [-0.39, 0.29) is 0 Å². The maximum absolute atomic E-state index is 5.06. The minimum Gasteiger partial charge on any atom is -0.312 e. The van der Waals surface area contributed by atoms with Crippen LogP contribution in [0.4, 0.5) is 0 Å². The molecule has 1 aliphatic heterocycles. The molecular formula is C24H40N4. The second-order valence-corrected chi connectivity index (χ2v) is 9.62. The van der Waals surface area contributed by atoms with Gasteiger partial charge in [-0.2, -0.15) is 0 Å². The Hall–Kier alpha value is -0.970. The average Bonchev–Trinajstić information content (AvgIpc) is 2.71. The van der Waals surface area contributed by atoms with Crippen LogP contribution >= 0.6 is 0 Å².